The minimum Gasteiger partial charge on any atom is -0.371 e. The molecule has 1 heterocycles. The molecule has 1 aliphatic rings. The standard InChI is InChI=1S/C22H27NO8S/c1-16(24)23-19-14-28-20(15-31-32(25,26)27)22(30-13-18-10-6-3-7-11-18)21(19)29-12-17-8-4-2-5-9-17/h2-11,19-22H,12-15H2,1H3,(H,23,24)(H,25,26,27)/t19?,20?,21-,22-/m0/s1. The Morgan fingerprint density at radius 1 is 1.00 bits per heavy atom. The Balaban J connectivity index is 1.81. The molecule has 0 spiro atoms. The average molecular weight is 466 g/mol. The van der Waals surface area contributed by atoms with Crippen LogP contribution in [0, 0.1) is 0 Å². The molecule has 2 aromatic rings. The maximum atomic E-state index is 11.8. The van der Waals surface area contributed by atoms with Crippen molar-refractivity contribution in [3.8, 4) is 0 Å². The number of nitrogens with one attached hydrogen (secondary N) is 1. The zero-order valence-electron chi connectivity index (χ0n) is 17.6. The van der Waals surface area contributed by atoms with E-state index in [-0.39, 0.29) is 25.7 Å². The van der Waals surface area contributed by atoms with E-state index < -0.39 is 41.4 Å². The molecule has 4 atom stereocenters. The van der Waals surface area contributed by atoms with Gasteiger partial charge in [0.25, 0.3) is 0 Å². The molecular weight excluding hydrogens is 438 g/mol. The fourth-order valence-corrected chi connectivity index (χ4v) is 3.79. The monoisotopic (exact) mass is 465 g/mol. The van der Waals surface area contributed by atoms with E-state index in [1.807, 2.05) is 60.7 Å². The first-order valence-corrected chi connectivity index (χ1v) is 11.5. The third-order valence-electron chi connectivity index (χ3n) is 4.92. The van der Waals surface area contributed by atoms with Gasteiger partial charge in [-0.1, -0.05) is 60.7 Å². The first kappa shape index (κ1) is 24.3. The summed E-state index contributed by atoms with van der Waals surface area (Å²) >= 11 is 0. The van der Waals surface area contributed by atoms with Gasteiger partial charge in [-0.2, -0.15) is 8.42 Å². The lowest BCUT2D eigenvalue weighted by Gasteiger charge is -2.42. The van der Waals surface area contributed by atoms with Crippen molar-refractivity contribution >= 4 is 16.3 Å². The van der Waals surface area contributed by atoms with Crippen molar-refractivity contribution in [3.63, 3.8) is 0 Å². The molecule has 2 aromatic carbocycles. The van der Waals surface area contributed by atoms with Crippen LogP contribution in [0.4, 0.5) is 0 Å². The fourth-order valence-electron chi connectivity index (χ4n) is 3.48. The topological polar surface area (TPSA) is 120 Å². The molecule has 32 heavy (non-hydrogen) atoms. The summed E-state index contributed by atoms with van der Waals surface area (Å²) in [5.74, 6) is -0.263. The van der Waals surface area contributed by atoms with Crippen molar-refractivity contribution in [3.05, 3.63) is 71.8 Å². The van der Waals surface area contributed by atoms with E-state index in [2.05, 4.69) is 9.50 Å². The maximum Gasteiger partial charge on any atom is 0.397 e. The Kier molecular flexibility index (Phi) is 8.74. The number of rotatable bonds is 10. The first-order chi connectivity index (χ1) is 15.3. The van der Waals surface area contributed by atoms with Gasteiger partial charge in [0.2, 0.25) is 5.91 Å². The van der Waals surface area contributed by atoms with Gasteiger partial charge < -0.3 is 19.5 Å². The number of hydrogen-bond acceptors (Lipinski definition) is 7. The van der Waals surface area contributed by atoms with Gasteiger partial charge in [-0.15, -0.1) is 0 Å². The molecule has 0 saturated carbocycles. The van der Waals surface area contributed by atoms with Gasteiger partial charge in [0.1, 0.15) is 18.3 Å². The Hall–Kier alpha value is -2.34. The van der Waals surface area contributed by atoms with Gasteiger partial charge in [0, 0.05) is 6.92 Å². The van der Waals surface area contributed by atoms with Crippen molar-refractivity contribution < 1.29 is 36.2 Å². The van der Waals surface area contributed by atoms with Crippen LogP contribution in [0.3, 0.4) is 0 Å². The molecule has 1 fully saturated rings. The normalized spacial score (nSPS) is 23.6. The molecule has 10 heteroatoms. The van der Waals surface area contributed by atoms with Gasteiger partial charge in [0.15, 0.2) is 0 Å². The minimum atomic E-state index is -4.67. The lowest BCUT2D eigenvalue weighted by Crippen LogP contribution is -2.61. The molecular formula is C22H27NO8S. The van der Waals surface area contributed by atoms with Crippen molar-refractivity contribution in [1.82, 2.24) is 5.32 Å². The smallest absolute Gasteiger partial charge is 0.371 e. The van der Waals surface area contributed by atoms with Gasteiger partial charge in [-0.3, -0.25) is 9.35 Å². The summed E-state index contributed by atoms with van der Waals surface area (Å²) in [5, 5.41) is 2.81. The lowest BCUT2D eigenvalue weighted by atomic mass is 9.97. The van der Waals surface area contributed by atoms with Crippen LogP contribution in [-0.2, 0) is 46.8 Å². The second kappa shape index (κ2) is 11.5. The van der Waals surface area contributed by atoms with Crippen LogP contribution >= 0.6 is 0 Å². The summed E-state index contributed by atoms with van der Waals surface area (Å²) in [5.41, 5.74) is 1.82. The first-order valence-electron chi connectivity index (χ1n) is 10.1. The predicted molar refractivity (Wildman–Crippen MR) is 115 cm³/mol. The lowest BCUT2D eigenvalue weighted by molar-refractivity contribution is -0.202. The molecule has 1 amide bonds. The van der Waals surface area contributed by atoms with E-state index in [4.69, 9.17) is 18.8 Å². The summed E-state index contributed by atoms with van der Waals surface area (Å²) in [6.45, 7) is 1.44. The molecule has 174 valence electrons. The zero-order valence-corrected chi connectivity index (χ0v) is 18.4. The average Bonchev–Trinajstić information content (AvgIpc) is 2.76. The highest BCUT2D eigenvalue weighted by atomic mass is 32.3. The van der Waals surface area contributed by atoms with Crippen LogP contribution < -0.4 is 5.32 Å². The molecule has 0 aromatic heterocycles. The van der Waals surface area contributed by atoms with Crippen molar-refractivity contribution in [1.29, 1.82) is 0 Å². The molecule has 2 unspecified atom stereocenters. The molecule has 0 aliphatic carbocycles. The minimum absolute atomic E-state index is 0.0593. The van der Waals surface area contributed by atoms with E-state index in [9.17, 15) is 13.2 Å². The van der Waals surface area contributed by atoms with Gasteiger partial charge >= 0.3 is 10.4 Å². The van der Waals surface area contributed by atoms with Crippen molar-refractivity contribution in [2.24, 2.45) is 0 Å². The summed E-state index contributed by atoms with van der Waals surface area (Å²) in [7, 11) is -4.67. The number of benzene rings is 2. The molecule has 1 saturated heterocycles. The maximum absolute atomic E-state index is 11.8. The van der Waals surface area contributed by atoms with Crippen LogP contribution in [0.5, 0.6) is 0 Å². The summed E-state index contributed by atoms with van der Waals surface area (Å²) in [4.78, 5) is 11.8. The van der Waals surface area contributed by atoms with Crippen LogP contribution in [0.2, 0.25) is 0 Å². The molecule has 0 bridgehead atoms. The molecule has 0 radical (unpaired) electrons. The van der Waals surface area contributed by atoms with E-state index in [1.54, 1.807) is 0 Å². The van der Waals surface area contributed by atoms with Crippen LogP contribution in [-0.4, -0.2) is 56.4 Å². The summed E-state index contributed by atoms with van der Waals surface area (Å²) in [6, 6.07) is 18.4. The predicted octanol–water partition coefficient (Wildman–Crippen LogP) is 1.88. The van der Waals surface area contributed by atoms with E-state index >= 15 is 0 Å². The number of carbonyl (C=O) groups is 1. The largest absolute Gasteiger partial charge is 0.397 e. The Morgan fingerprint density at radius 3 is 2.03 bits per heavy atom. The van der Waals surface area contributed by atoms with Crippen LogP contribution in [0.15, 0.2) is 60.7 Å². The van der Waals surface area contributed by atoms with Crippen LogP contribution in [0.25, 0.3) is 0 Å². The highest BCUT2D eigenvalue weighted by Crippen LogP contribution is 2.25. The second-order valence-electron chi connectivity index (χ2n) is 7.41. The van der Waals surface area contributed by atoms with Gasteiger partial charge in [-0.05, 0) is 11.1 Å². The molecule has 2 N–H and O–H groups in total. The quantitative estimate of drug-likeness (QED) is 0.511. The zero-order chi connectivity index (χ0) is 23.0. The Labute approximate surface area is 187 Å². The number of carbonyl (C=O) groups excluding carboxylic acids is 1. The Morgan fingerprint density at radius 2 is 1.53 bits per heavy atom. The highest BCUT2D eigenvalue weighted by molar-refractivity contribution is 7.80. The van der Waals surface area contributed by atoms with E-state index in [0.717, 1.165) is 11.1 Å². The van der Waals surface area contributed by atoms with Gasteiger partial charge in [0.05, 0.1) is 32.5 Å². The summed E-state index contributed by atoms with van der Waals surface area (Å²) in [6.07, 6.45) is -2.30. The SMILES string of the molecule is CC(=O)NC1COC(COS(=O)(=O)O)[C@H](OCc2ccccc2)[C@H]1OCc1ccccc1. The number of hydrogen-bond donors (Lipinski definition) is 2. The third-order valence-corrected chi connectivity index (χ3v) is 5.35. The van der Waals surface area contributed by atoms with Gasteiger partial charge in [-0.25, -0.2) is 4.18 Å². The van der Waals surface area contributed by atoms with Crippen molar-refractivity contribution in [2.75, 3.05) is 13.2 Å². The van der Waals surface area contributed by atoms with Crippen molar-refractivity contribution in [2.45, 2.75) is 44.5 Å². The Bertz CT molecular complexity index is 954. The second-order valence-corrected chi connectivity index (χ2v) is 8.50. The van der Waals surface area contributed by atoms with E-state index in [1.165, 1.54) is 6.92 Å². The molecule has 9 nitrogen and oxygen atoms in total. The van der Waals surface area contributed by atoms with E-state index in [0.29, 0.717) is 0 Å². The number of amides is 1. The highest BCUT2D eigenvalue weighted by Gasteiger charge is 2.43. The number of ether oxygens (including phenoxy) is 3. The molecule has 1 aliphatic heterocycles. The fraction of sp³-hybridized carbons (Fsp3) is 0.409. The molecule has 3 rings (SSSR count). The summed E-state index contributed by atoms with van der Waals surface area (Å²) < 4.78 is 53.8. The van der Waals surface area contributed by atoms with Crippen LogP contribution in [0.1, 0.15) is 18.1 Å². The third kappa shape index (κ3) is 7.66.